The molecule has 0 aromatic heterocycles. The van der Waals surface area contributed by atoms with Crippen molar-refractivity contribution in [1.29, 1.82) is 0 Å². The van der Waals surface area contributed by atoms with Crippen molar-refractivity contribution in [2.75, 3.05) is 18.8 Å². The molecular formula is C13H16F3NOS. The zero-order valence-electron chi connectivity index (χ0n) is 10.8. The molecule has 0 fully saturated rings. The molecule has 1 aromatic carbocycles. The largest absolute Gasteiger partial charge is 0.406 e. The molecule has 0 unspecified atom stereocenters. The highest BCUT2D eigenvalue weighted by atomic mass is 32.2. The Balaban J connectivity index is 2.51. The van der Waals surface area contributed by atoms with Crippen LogP contribution in [0, 0.1) is 6.92 Å². The van der Waals surface area contributed by atoms with Crippen molar-refractivity contribution in [2.24, 2.45) is 0 Å². The van der Waals surface area contributed by atoms with Crippen molar-refractivity contribution in [3.8, 4) is 0 Å². The summed E-state index contributed by atoms with van der Waals surface area (Å²) in [5, 5.41) is 0. The standard InChI is InChI=1S/C13H16F3NOS/c1-3-17(9-13(14,15)16)12(18)8-19-11-6-4-10(2)5-7-11/h4-7H,3,8-9H2,1-2H3. The van der Waals surface area contributed by atoms with Gasteiger partial charge in [0.15, 0.2) is 0 Å². The number of hydrogen-bond donors (Lipinski definition) is 0. The van der Waals surface area contributed by atoms with Crippen LogP contribution >= 0.6 is 11.8 Å². The van der Waals surface area contributed by atoms with E-state index in [1.165, 1.54) is 11.8 Å². The first kappa shape index (κ1) is 15.9. The highest BCUT2D eigenvalue weighted by molar-refractivity contribution is 8.00. The molecule has 0 saturated heterocycles. The molecule has 19 heavy (non-hydrogen) atoms. The third-order valence-electron chi connectivity index (χ3n) is 2.49. The van der Waals surface area contributed by atoms with Crippen LogP contribution in [0.1, 0.15) is 12.5 Å². The van der Waals surface area contributed by atoms with Crippen molar-refractivity contribution < 1.29 is 18.0 Å². The van der Waals surface area contributed by atoms with E-state index in [2.05, 4.69) is 0 Å². The lowest BCUT2D eigenvalue weighted by Crippen LogP contribution is -2.39. The first-order valence-electron chi connectivity index (χ1n) is 5.86. The first-order chi connectivity index (χ1) is 8.81. The predicted molar refractivity (Wildman–Crippen MR) is 70.2 cm³/mol. The van der Waals surface area contributed by atoms with Gasteiger partial charge in [-0.1, -0.05) is 17.7 Å². The number of amides is 1. The van der Waals surface area contributed by atoms with Gasteiger partial charge in [0.1, 0.15) is 6.54 Å². The molecule has 0 heterocycles. The first-order valence-corrected chi connectivity index (χ1v) is 6.84. The summed E-state index contributed by atoms with van der Waals surface area (Å²) in [7, 11) is 0. The van der Waals surface area contributed by atoms with Crippen molar-refractivity contribution in [3.05, 3.63) is 29.8 Å². The zero-order valence-corrected chi connectivity index (χ0v) is 11.6. The molecule has 2 nitrogen and oxygen atoms in total. The van der Waals surface area contributed by atoms with Gasteiger partial charge in [-0.2, -0.15) is 13.2 Å². The highest BCUT2D eigenvalue weighted by Gasteiger charge is 2.32. The lowest BCUT2D eigenvalue weighted by molar-refractivity contribution is -0.159. The minimum absolute atomic E-state index is 0.0208. The van der Waals surface area contributed by atoms with Crippen LogP contribution in [-0.2, 0) is 4.79 Å². The number of carbonyl (C=O) groups excluding carboxylic acids is 1. The monoisotopic (exact) mass is 291 g/mol. The fourth-order valence-electron chi connectivity index (χ4n) is 1.46. The summed E-state index contributed by atoms with van der Waals surface area (Å²) < 4.78 is 36.8. The molecule has 0 N–H and O–H groups in total. The molecule has 106 valence electrons. The topological polar surface area (TPSA) is 20.3 Å². The number of hydrogen-bond acceptors (Lipinski definition) is 2. The van der Waals surface area contributed by atoms with E-state index in [9.17, 15) is 18.0 Å². The van der Waals surface area contributed by atoms with Crippen LogP contribution < -0.4 is 0 Å². The van der Waals surface area contributed by atoms with Gasteiger partial charge in [-0.3, -0.25) is 4.79 Å². The van der Waals surface area contributed by atoms with Gasteiger partial charge in [0, 0.05) is 11.4 Å². The summed E-state index contributed by atoms with van der Waals surface area (Å²) in [4.78, 5) is 13.4. The van der Waals surface area contributed by atoms with Crippen molar-refractivity contribution in [2.45, 2.75) is 24.9 Å². The van der Waals surface area contributed by atoms with E-state index in [1.807, 2.05) is 31.2 Å². The second-order valence-corrected chi connectivity index (χ2v) is 5.17. The molecule has 0 spiro atoms. The van der Waals surface area contributed by atoms with Crippen LogP contribution in [0.15, 0.2) is 29.2 Å². The summed E-state index contributed by atoms with van der Waals surface area (Å²) in [5.41, 5.74) is 1.10. The van der Waals surface area contributed by atoms with Crippen LogP contribution in [0.3, 0.4) is 0 Å². The number of benzene rings is 1. The maximum absolute atomic E-state index is 12.3. The molecule has 0 aliphatic carbocycles. The molecule has 1 aromatic rings. The Labute approximate surface area is 115 Å². The lowest BCUT2D eigenvalue weighted by Gasteiger charge is -2.22. The van der Waals surface area contributed by atoms with Gasteiger partial charge in [-0.05, 0) is 26.0 Å². The average Bonchev–Trinajstić information content (AvgIpc) is 2.34. The Kier molecular flexibility index (Phi) is 5.72. The molecule has 0 atom stereocenters. The van der Waals surface area contributed by atoms with Crippen LogP contribution in [0.25, 0.3) is 0 Å². The maximum Gasteiger partial charge on any atom is 0.406 e. The number of halogens is 3. The number of rotatable bonds is 5. The minimum Gasteiger partial charge on any atom is -0.333 e. The second-order valence-electron chi connectivity index (χ2n) is 4.12. The number of alkyl halides is 3. The second kappa shape index (κ2) is 6.84. The smallest absolute Gasteiger partial charge is 0.333 e. The summed E-state index contributed by atoms with van der Waals surface area (Å²) in [6.07, 6.45) is -4.35. The number of thioether (sulfide) groups is 1. The number of aryl methyl sites for hydroxylation is 1. The van der Waals surface area contributed by atoms with Crippen molar-refractivity contribution in [3.63, 3.8) is 0 Å². The molecule has 6 heteroatoms. The van der Waals surface area contributed by atoms with Gasteiger partial charge in [0.2, 0.25) is 5.91 Å². The van der Waals surface area contributed by atoms with Gasteiger partial charge in [-0.15, -0.1) is 11.8 Å². The Bertz CT molecular complexity index is 417. The van der Waals surface area contributed by atoms with Crippen LogP contribution in [0.5, 0.6) is 0 Å². The average molecular weight is 291 g/mol. The molecule has 0 aliphatic heterocycles. The number of nitrogens with zero attached hydrogens (tertiary/aromatic N) is 1. The SMILES string of the molecule is CCN(CC(F)(F)F)C(=O)CSc1ccc(C)cc1. The highest BCUT2D eigenvalue weighted by Crippen LogP contribution is 2.20. The fourth-order valence-corrected chi connectivity index (χ4v) is 2.26. The normalized spacial score (nSPS) is 11.4. The van der Waals surface area contributed by atoms with Crippen molar-refractivity contribution in [1.82, 2.24) is 4.90 Å². The summed E-state index contributed by atoms with van der Waals surface area (Å²) in [6.45, 7) is 2.37. The van der Waals surface area contributed by atoms with E-state index in [4.69, 9.17) is 0 Å². The third kappa shape index (κ3) is 6.00. The molecule has 0 bridgehead atoms. The maximum atomic E-state index is 12.3. The Hall–Kier alpha value is -1.17. The van der Waals surface area contributed by atoms with Gasteiger partial charge >= 0.3 is 6.18 Å². The molecular weight excluding hydrogens is 275 g/mol. The minimum atomic E-state index is -4.35. The van der Waals surface area contributed by atoms with E-state index in [0.717, 1.165) is 15.4 Å². The van der Waals surface area contributed by atoms with Crippen LogP contribution in [0.2, 0.25) is 0 Å². The fraction of sp³-hybridized carbons (Fsp3) is 0.462. The predicted octanol–water partition coefficient (Wildman–Crippen LogP) is 3.50. The van der Waals surface area contributed by atoms with Crippen molar-refractivity contribution >= 4 is 17.7 Å². The van der Waals surface area contributed by atoms with E-state index in [1.54, 1.807) is 6.92 Å². The Morgan fingerprint density at radius 1 is 1.26 bits per heavy atom. The van der Waals surface area contributed by atoms with Gasteiger partial charge < -0.3 is 4.90 Å². The summed E-state index contributed by atoms with van der Waals surface area (Å²) in [6, 6.07) is 7.51. The van der Waals surface area contributed by atoms with E-state index in [-0.39, 0.29) is 12.3 Å². The van der Waals surface area contributed by atoms with E-state index in [0.29, 0.717) is 0 Å². The molecule has 0 saturated carbocycles. The van der Waals surface area contributed by atoms with Gasteiger partial charge in [0.25, 0.3) is 0 Å². The Morgan fingerprint density at radius 3 is 2.32 bits per heavy atom. The molecule has 0 radical (unpaired) electrons. The zero-order chi connectivity index (χ0) is 14.5. The van der Waals surface area contributed by atoms with E-state index < -0.39 is 18.6 Å². The van der Waals surface area contributed by atoms with Gasteiger partial charge in [0.05, 0.1) is 5.75 Å². The third-order valence-corrected chi connectivity index (χ3v) is 3.48. The van der Waals surface area contributed by atoms with Crippen LogP contribution in [-0.4, -0.2) is 35.8 Å². The van der Waals surface area contributed by atoms with E-state index >= 15 is 0 Å². The molecule has 0 aliphatic rings. The summed E-state index contributed by atoms with van der Waals surface area (Å²) >= 11 is 1.25. The number of carbonyl (C=O) groups is 1. The molecule has 1 rings (SSSR count). The summed E-state index contributed by atoms with van der Waals surface area (Å²) in [5.74, 6) is -0.474. The lowest BCUT2D eigenvalue weighted by atomic mass is 10.2. The Morgan fingerprint density at radius 2 is 1.84 bits per heavy atom. The van der Waals surface area contributed by atoms with Gasteiger partial charge in [-0.25, -0.2) is 0 Å². The quantitative estimate of drug-likeness (QED) is 0.774. The van der Waals surface area contributed by atoms with Crippen LogP contribution in [0.4, 0.5) is 13.2 Å². The molecule has 1 amide bonds.